The maximum absolute atomic E-state index is 12.3. The van der Waals surface area contributed by atoms with Crippen molar-refractivity contribution in [2.75, 3.05) is 14.2 Å². The number of rotatable bonds is 5. The molecule has 23 heavy (non-hydrogen) atoms. The molecule has 0 aliphatic carbocycles. The van der Waals surface area contributed by atoms with Crippen LogP contribution in [0.25, 0.3) is 6.08 Å². The van der Waals surface area contributed by atoms with Gasteiger partial charge in [0.25, 0.3) is 0 Å². The van der Waals surface area contributed by atoms with Crippen molar-refractivity contribution in [1.82, 2.24) is 4.90 Å². The Morgan fingerprint density at radius 2 is 1.74 bits per heavy atom. The molecule has 0 aromatic heterocycles. The second kappa shape index (κ2) is 7.63. The summed E-state index contributed by atoms with van der Waals surface area (Å²) in [4.78, 5) is 14.0. The Labute approximate surface area is 138 Å². The molecule has 0 atom stereocenters. The van der Waals surface area contributed by atoms with Crippen molar-refractivity contribution in [1.29, 1.82) is 0 Å². The van der Waals surface area contributed by atoms with Crippen LogP contribution in [-0.2, 0) is 11.3 Å². The fourth-order valence-electron chi connectivity index (χ4n) is 2.53. The minimum Gasteiger partial charge on any atom is -0.497 e. The molecule has 2 aromatic carbocycles. The van der Waals surface area contributed by atoms with Gasteiger partial charge in [-0.15, -0.1) is 0 Å². The average Bonchev–Trinajstić information content (AvgIpc) is 2.54. The Balaban J connectivity index is 2.09. The molecular weight excluding hydrogens is 286 g/mol. The highest BCUT2D eigenvalue weighted by Crippen LogP contribution is 2.22. The molecule has 0 heterocycles. The molecule has 0 radical (unpaired) electrons. The number of amides is 1. The van der Waals surface area contributed by atoms with Gasteiger partial charge in [-0.05, 0) is 54.3 Å². The Bertz CT molecular complexity index is 682. The third-order valence-electron chi connectivity index (χ3n) is 3.83. The van der Waals surface area contributed by atoms with Gasteiger partial charge in [0.15, 0.2) is 0 Å². The summed E-state index contributed by atoms with van der Waals surface area (Å²) < 4.78 is 5.26. The smallest absolute Gasteiger partial charge is 0.246 e. The highest BCUT2D eigenvalue weighted by Gasteiger charge is 2.07. The summed E-state index contributed by atoms with van der Waals surface area (Å²) in [5.41, 5.74) is 4.37. The lowest BCUT2D eigenvalue weighted by Crippen LogP contribution is -2.24. The molecule has 0 aliphatic heterocycles. The predicted octanol–water partition coefficient (Wildman–Crippen LogP) is 3.98. The van der Waals surface area contributed by atoms with Gasteiger partial charge in [-0.25, -0.2) is 0 Å². The molecule has 1 amide bonds. The summed E-state index contributed by atoms with van der Waals surface area (Å²) in [6.07, 6.45) is 3.51. The van der Waals surface area contributed by atoms with Gasteiger partial charge < -0.3 is 9.64 Å². The van der Waals surface area contributed by atoms with E-state index in [1.54, 1.807) is 18.1 Å². The number of hydrogen-bond acceptors (Lipinski definition) is 2. The van der Waals surface area contributed by atoms with Crippen molar-refractivity contribution in [2.24, 2.45) is 0 Å². The van der Waals surface area contributed by atoms with Crippen LogP contribution in [0.1, 0.15) is 22.3 Å². The van der Waals surface area contributed by atoms with E-state index in [2.05, 4.69) is 0 Å². The maximum atomic E-state index is 12.3. The highest BCUT2D eigenvalue weighted by atomic mass is 16.5. The van der Waals surface area contributed by atoms with E-state index in [9.17, 15) is 4.79 Å². The summed E-state index contributed by atoms with van der Waals surface area (Å²) in [5, 5.41) is 0. The SMILES string of the molecule is COc1cc(C)c(/C=C/C(=O)N(C)Cc2ccccc2)c(C)c1. The predicted molar refractivity (Wildman–Crippen MR) is 94.4 cm³/mol. The maximum Gasteiger partial charge on any atom is 0.246 e. The van der Waals surface area contributed by atoms with E-state index in [-0.39, 0.29) is 5.91 Å². The number of likely N-dealkylation sites (N-methyl/N-ethyl adjacent to an activating group) is 1. The van der Waals surface area contributed by atoms with Crippen molar-refractivity contribution >= 4 is 12.0 Å². The molecule has 0 fully saturated rings. The van der Waals surface area contributed by atoms with Crippen LogP contribution in [0.3, 0.4) is 0 Å². The van der Waals surface area contributed by atoms with Gasteiger partial charge in [-0.3, -0.25) is 4.79 Å². The largest absolute Gasteiger partial charge is 0.497 e. The lowest BCUT2D eigenvalue weighted by molar-refractivity contribution is -0.125. The first kappa shape index (κ1) is 16.8. The number of hydrogen-bond donors (Lipinski definition) is 0. The number of aryl methyl sites for hydroxylation is 2. The average molecular weight is 309 g/mol. The van der Waals surface area contributed by atoms with E-state index >= 15 is 0 Å². The van der Waals surface area contributed by atoms with Gasteiger partial charge in [0.1, 0.15) is 5.75 Å². The summed E-state index contributed by atoms with van der Waals surface area (Å²) >= 11 is 0. The van der Waals surface area contributed by atoms with Crippen LogP contribution >= 0.6 is 0 Å². The zero-order chi connectivity index (χ0) is 16.8. The molecule has 2 aromatic rings. The monoisotopic (exact) mass is 309 g/mol. The first-order valence-corrected chi connectivity index (χ1v) is 7.63. The zero-order valence-corrected chi connectivity index (χ0v) is 14.2. The van der Waals surface area contributed by atoms with Gasteiger partial charge in [-0.2, -0.15) is 0 Å². The fraction of sp³-hybridized carbons (Fsp3) is 0.250. The fourth-order valence-corrected chi connectivity index (χ4v) is 2.53. The Morgan fingerprint density at radius 3 is 2.30 bits per heavy atom. The van der Waals surface area contributed by atoms with Gasteiger partial charge >= 0.3 is 0 Å². The van der Waals surface area contributed by atoms with E-state index in [0.717, 1.165) is 28.0 Å². The summed E-state index contributed by atoms with van der Waals surface area (Å²) in [7, 11) is 3.47. The number of carbonyl (C=O) groups excluding carboxylic acids is 1. The van der Waals surface area contributed by atoms with Gasteiger partial charge in [0, 0.05) is 19.7 Å². The number of ether oxygens (including phenoxy) is 1. The van der Waals surface area contributed by atoms with Crippen LogP contribution in [0.15, 0.2) is 48.5 Å². The molecule has 0 bridgehead atoms. The molecule has 0 aliphatic rings. The Morgan fingerprint density at radius 1 is 1.13 bits per heavy atom. The molecule has 0 saturated carbocycles. The van der Waals surface area contributed by atoms with E-state index in [1.807, 2.05) is 69.4 Å². The Hall–Kier alpha value is -2.55. The van der Waals surface area contributed by atoms with E-state index < -0.39 is 0 Å². The number of nitrogens with zero attached hydrogens (tertiary/aromatic N) is 1. The number of benzene rings is 2. The van der Waals surface area contributed by atoms with E-state index in [4.69, 9.17) is 4.74 Å². The summed E-state index contributed by atoms with van der Waals surface area (Å²) in [5.74, 6) is 0.827. The van der Waals surface area contributed by atoms with E-state index in [0.29, 0.717) is 6.54 Å². The van der Waals surface area contributed by atoms with E-state index in [1.165, 1.54) is 0 Å². The van der Waals surface area contributed by atoms with Crippen molar-refractivity contribution in [3.63, 3.8) is 0 Å². The quantitative estimate of drug-likeness (QED) is 0.782. The minimum atomic E-state index is -0.0107. The lowest BCUT2D eigenvalue weighted by Gasteiger charge is -2.15. The van der Waals surface area contributed by atoms with Crippen molar-refractivity contribution < 1.29 is 9.53 Å². The van der Waals surface area contributed by atoms with Crippen LogP contribution in [0.5, 0.6) is 5.75 Å². The normalized spacial score (nSPS) is 10.8. The topological polar surface area (TPSA) is 29.5 Å². The van der Waals surface area contributed by atoms with Crippen LogP contribution < -0.4 is 4.74 Å². The zero-order valence-electron chi connectivity index (χ0n) is 14.2. The molecule has 0 saturated heterocycles. The summed E-state index contributed by atoms with van der Waals surface area (Å²) in [6, 6.07) is 13.9. The lowest BCUT2D eigenvalue weighted by atomic mass is 10.0. The first-order valence-electron chi connectivity index (χ1n) is 7.63. The Kier molecular flexibility index (Phi) is 5.58. The highest BCUT2D eigenvalue weighted by molar-refractivity contribution is 5.92. The molecule has 3 nitrogen and oxygen atoms in total. The molecular formula is C20H23NO2. The molecule has 3 heteroatoms. The van der Waals surface area contributed by atoms with Gasteiger partial charge in [-0.1, -0.05) is 30.3 Å². The van der Waals surface area contributed by atoms with Gasteiger partial charge in [0.2, 0.25) is 5.91 Å². The first-order chi connectivity index (χ1) is 11.0. The third-order valence-corrected chi connectivity index (χ3v) is 3.83. The van der Waals surface area contributed by atoms with Crippen molar-refractivity contribution in [3.05, 3.63) is 70.8 Å². The second-order valence-electron chi connectivity index (χ2n) is 5.69. The van der Waals surface area contributed by atoms with Crippen LogP contribution in [0, 0.1) is 13.8 Å². The second-order valence-corrected chi connectivity index (χ2v) is 5.69. The third kappa shape index (κ3) is 4.46. The van der Waals surface area contributed by atoms with Gasteiger partial charge in [0.05, 0.1) is 7.11 Å². The molecule has 2 rings (SSSR count). The van der Waals surface area contributed by atoms with Crippen molar-refractivity contribution in [3.8, 4) is 5.75 Å². The molecule has 120 valence electrons. The number of carbonyl (C=O) groups is 1. The molecule has 0 unspecified atom stereocenters. The number of methoxy groups -OCH3 is 1. The summed E-state index contributed by atoms with van der Waals surface area (Å²) in [6.45, 7) is 4.64. The standard InChI is InChI=1S/C20H23NO2/c1-15-12-18(23-4)13-16(2)19(15)10-11-20(22)21(3)14-17-8-6-5-7-9-17/h5-13H,14H2,1-4H3/b11-10+. The van der Waals surface area contributed by atoms with Crippen LogP contribution in [0.2, 0.25) is 0 Å². The van der Waals surface area contributed by atoms with Crippen LogP contribution in [-0.4, -0.2) is 25.0 Å². The van der Waals surface area contributed by atoms with Crippen molar-refractivity contribution in [2.45, 2.75) is 20.4 Å². The van der Waals surface area contributed by atoms with Crippen LogP contribution in [0.4, 0.5) is 0 Å². The molecule has 0 spiro atoms. The minimum absolute atomic E-state index is 0.0107. The molecule has 0 N–H and O–H groups in total.